The van der Waals surface area contributed by atoms with E-state index in [4.69, 9.17) is 0 Å². The smallest absolute Gasteiger partial charge is 0.227 e. The minimum Gasteiger partial charge on any atom is -0.368 e. The first-order valence-electron chi connectivity index (χ1n) is 10.9. The van der Waals surface area contributed by atoms with Crippen molar-refractivity contribution in [2.24, 2.45) is 4.99 Å². The summed E-state index contributed by atoms with van der Waals surface area (Å²) in [5.41, 5.74) is 2.78. The van der Waals surface area contributed by atoms with E-state index in [1.807, 2.05) is 29.2 Å². The molecule has 33 heavy (non-hydrogen) atoms. The number of amidine groups is 1. The van der Waals surface area contributed by atoms with Crippen LogP contribution in [0.15, 0.2) is 53.5 Å². The third-order valence-corrected chi connectivity index (χ3v) is 9.34. The van der Waals surface area contributed by atoms with Crippen LogP contribution in [0.2, 0.25) is 0 Å². The summed E-state index contributed by atoms with van der Waals surface area (Å²) in [6.45, 7) is 2.74. The number of hydrogen-bond donors (Lipinski definition) is 1. The zero-order valence-electron chi connectivity index (χ0n) is 18.0. The van der Waals surface area contributed by atoms with Crippen molar-refractivity contribution in [3.63, 3.8) is 0 Å². The van der Waals surface area contributed by atoms with Crippen LogP contribution in [0.3, 0.4) is 0 Å². The van der Waals surface area contributed by atoms with Crippen molar-refractivity contribution >= 4 is 44.0 Å². The second kappa shape index (κ2) is 8.98. The van der Waals surface area contributed by atoms with Crippen LogP contribution < -0.4 is 10.2 Å². The van der Waals surface area contributed by atoms with E-state index in [-0.39, 0.29) is 34.5 Å². The third-order valence-electron chi connectivity index (χ3n) is 6.20. The number of aliphatic imine (C=N–C) groups is 1. The highest BCUT2D eigenvalue weighted by Gasteiger charge is 2.42. The van der Waals surface area contributed by atoms with Crippen molar-refractivity contribution < 1.29 is 17.6 Å². The highest BCUT2D eigenvalue weighted by Crippen LogP contribution is 2.34. The van der Waals surface area contributed by atoms with E-state index in [0.29, 0.717) is 19.5 Å². The molecular formula is C23H25FN4O3S2. The SMILES string of the molecule is O=C(Cc1ccc(NC2=N[C@H]3CS(=O)(=O)C[C@@H]3S2)cc1)N1CCN(c2ccc(F)cc2)CC1. The number of rotatable bonds is 4. The maximum Gasteiger partial charge on any atom is 0.227 e. The normalized spacial score (nSPS) is 23.8. The van der Waals surface area contributed by atoms with Crippen LogP contribution in [0.1, 0.15) is 5.56 Å². The number of piperazine rings is 1. The van der Waals surface area contributed by atoms with E-state index in [2.05, 4.69) is 15.2 Å². The molecule has 2 aromatic carbocycles. The number of nitrogens with one attached hydrogen (secondary N) is 1. The maximum atomic E-state index is 13.1. The number of fused-ring (bicyclic) bond motifs is 1. The molecule has 0 aromatic heterocycles. The summed E-state index contributed by atoms with van der Waals surface area (Å²) in [5.74, 6) is 0.173. The first-order valence-corrected chi connectivity index (χ1v) is 13.6. The Bertz CT molecular complexity index is 1160. The summed E-state index contributed by atoms with van der Waals surface area (Å²) in [7, 11) is -2.96. The van der Waals surface area contributed by atoms with Crippen LogP contribution in [-0.4, -0.2) is 73.4 Å². The largest absolute Gasteiger partial charge is 0.368 e. The van der Waals surface area contributed by atoms with E-state index >= 15 is 0 Å². The molecule has 7 nitrogen and oxygen atoms in total. The number of carbonyl (C=O) groups is 1. The van der Waals surface area contributed by atoms with Gasteiger partial charge in [0, 0.05) is 42.8 Å². The van der Waals surface area contributed by atoms with E-state index in [9.17, 15) is 17.6 Å². The molecule has 3 aliphatic rings. The summed E-state index contributed by atoms with van der Waals surface area (Å²) in [5, 5.41) is 4.02. The lowest BCUT2D eigenvalue weighted by atomic mass is 10.1. The second-order valence-electron chi connectivity index (χ2n) is 8.58. The summed E-state index contributed by atoms with van der Waals surface area (Å²) in [4.78, 5) is 21.3. The van der Waals surface area contributed by atoms with Gasteiger partial charge in [-0.15, -0.1) is 0 Å². The molecule has 2 aromatic rings. The van der Waals surface area contributed by atoms with Gasteiger partial charge in [0.1, 0.15) is 5.82 Å². The fourth-order valence-electron chi connectivity index (χ4n) is 4.40. The molecule has 10 heteroatoms. The van der Waals surface area contributed by atoms with Crippen molar-refractivity contribution in [1.82, 2.24) is 4.90 Å². The molecule has 2 fully saturated rings. The van der Waals surface area contributed by atoms with Crippen LogP contribution >= 0.6 is 11.8 Å². The van der Waals surface area contributed by atoms with E-state index in [1.165, 1.54) is 23.9 Å². The molecular weight excluding hydrogens is 463 g/mol. The lowest BCUT2D eigenvalue weighted by Gasteiger charge is -2.36. The molecule has 3 aliphatic heterocycles. The Labute approximate surface area is 197 Å². The van der Waals surface area contributed by atoms with E-state index in [0.717, 1.165) is 35.2 Å². The molecule has 1 N–H and O–H groups in total. The number of nitrogens with zero attached hydrogens (tertiary/aromatic N) is 3. The van der Waals surface area contributed by atoms with Gasteiger partial charge in [0.05, 0.1) is 24.0 Å². The van der Waals surface area contributed by atoms with Crippen molar-refractivity contribution in [3.05, 3.63) is 59.9 Å². The average Bonchev–Trinajstić information content (AvgIpc) is 3.28. The van der Waals surface area contributed by atoms with Gasteiger partial charge in [0.15, 0.2) is 15.0 Å². The van der Waals surface area contributed by atoms with Crippen LogP contribution in [0.4, 0.5) is 15.8 Å². The molecule has 0 aliphatic carbocycles. The van der Waals surface area contributed by atoms with Crippen LogP contribution in [-0.2, 0) is 21.1 Å². The first-order chi connectivity index (χ1) is 15.8. The quantitative estimate of drug-likeness (QED) is 0.712. The summed E-state index contributed by atoms with van der Waals surface area (Å²) in [6, 6.07) is 14.0. The molecule has 1 amide bonds. The lowest BCUT2D eigenvalue weighted by Crippen LogP contribution is -2.49. The highest BCUT2D eigenvalue weighted by molar-refractivity contribution is 8.15. The van der Waals surface area contributed by atoms with Gasteiger partial charge in [-0.25, -0.2) is 12.8 Å². The Morgan fingerprint density at radius 2 is 1.73 bits per heavy atom. The number of amides is 1. The van der Waals surface area contributed by atoms with Gasteiger partial charge < -0.3 is 15.1 Å². The summed E-state index contributed by atoms with van der Waals surface area (Å²) < 4.78 is 36.5. The molecule has 0 radical (unpaired) electrons. The number of carbonyl (C=O) groups excluding carboxylic acids is 1. The molecule has 0 spiro atoms. The molecule has 0 saturated carbocycles. The molecule has 174 valence electrons. The number of anilines is 2. The Hall–Kier alpha value is -2.59. The number of thioether (sulfide) groups is 1. The van der Waals surface area contributed by atoms with Gasteiger partial charge in [0.2, 0.25) is 5.91 Å². The van der Waals surface area contributed by atoms with Crippen LogP contribution in [0, 0.1) is 5.82 Å². The van der Waals surface area contributed by atoms with Crippen LogP contribution in [0.25, 0.3) is 0 Å². The molecule has 3 heterocycles. The Kier molecular flexibility index (Phi) is 6.05. The molecule has 5 rings (SSSR count). The fourth-order valence-corrected chi connectivity index (χ4v) is 8.07. The van der Waals surface area contributed by atoms with E-state index < -0.39 is 9.84 Å². The molecule has 0 bridgehead atoms. The number of sulfone groups is 1. The van der Waals surface area contributed by atoms with Crippen LogP contribution in [0.5, 0.6) is 0 Å². The van der Waals surface area contributed by atoms with Gasteiger partial charge in [-0.05, 0) is 42.0 Å². The third kappa shape index (κ3) is 5.16. The zero-order valence-corrected chi connectivity index (χ0v) is 19.6. The van der Waals surface area contributed by atoms with Gasteiger partial charge in [-0.2, -0.15) is 0 Å². The van der Waals surface area contributed by atoms with Gasteiger partial charge in [-0.1, -0.05) is 23.9 Å². The fraction of sp³-hybridized carbons (Fsp3) is 0.391. The molecule has 0 unspecified atom stereocenters. The van der Waals surface area contributed by atoms with E-state index in [1.54, 1.807) is 12.1 Å². The number of hydrogen-bond acceptors (Lipinski definition) is 7. The van der Waals surface area contributed by atoms with Crippen molar-refractivity contribution in [3.8, 4) is 0 Å². The predicted octanol–water partition coefficient (Wildman–Crippen LogP) is 2.40. The number of benzene rings is 2. The maximum absolute atomic E-state index is 13.1. The summed E-state index contributed by atoms with van der Waals surface area (Å²) in [6.07, 6.45) is 0.342. The monoisotopic (exact) mass is 488 g/mol. The second-order valence-corrected chi connectivity index (χ2v) is 12.0. The Balaban J connectivity index is 1.11. The zero-order chi connectivity index (χ0) is 23.0. The number of halogens is 1. The highest BCUT2D eigenvalue weighted by atomic mass is 32.2. The van der Waals surface area contributed by atoms with Crippen molar-refractivity contribution in [1.29, 1.82) is 0 Å². The topological polar surface area (TPSA) is 82.1 Å². The molecule has 2 saturated heterocycles. The van der Waals surface area contributed by atoms with Crippen molar-refractivity contribution in [2.75, 3.05) is 47.9 Å². The first kappa shape index (κ1) is 22.2. The molecule has 2 atom stereocenters. The Morgan fingerprint density at radius 3 is 2.39 bits per heavy atom. The van der Waals surface area contributed by atoms with Gasteiger partial charge in [-0.3, -0.25) is 9.79 Å². The van der Waals surface area contributed by atoms with Crippen molar-refractivity contribution in [2.45, 2.75) is 17.7 Å². The average molecular weight is 489 g/mol. The minimum atomic E-state index is -2.96. The van der Waals surface area contributed by atoms with Gasteiger partial charge >= 0.3 is 0 Å². The lowest BCUT2D eigenvalue weighted by molar-refractivity contribution is -0.130. The standard InChI is InChI=1S/C23H25FN4O3S2/c24-17-3-7-19(8-4-17)27-9-11-28(12-10-27)22(29)13-16-1-5-18(6-2-16)25-23-26-20-14-33(30,31)15-21(20)32-23/h1-8,20-21H,9-15H2,(H,25,26)/t20-,21-/m0/s1. The van der Waals surface area contributed by atoms with Gasteiger partial charge in [0.25, 0.3) is 0 Å². The summed E-state index contributed by atoms with van der Waals surface area (Å²) >= 11 is 1.49. The predicted molar refractivity (Wildman–Crippen MR) is 130 cm³/mol. The minimum absolute atomic E-state index is 0.0120. The Morgan fingerprint density at radius 1 is 1.03 bits per heavy atom.